The van der Waals surface area contributed by atoms with Gasteiger partial charge in [0, 0.05) is 18.5 Å². The molecule has 4 nitrogen and oxygen atoms in total. The van der Waals surface area contributed by atoms with Crippen LogP contribution < -0.4 is 0 Å². The molecular formula is C16H19NO3S. The third-order valence-electron chi connectivity index (χ3n) is 3.75. The van der Waals surface area contributed by atoms with Crippen LogP contribution in [0.15, 0.2) is 33.6 Å². The highest BCUT2D eigenvalue weighted by atomic mass is 32.1. The Morgan fingerprint density at radius 1 is 1.48 bits per heavy atom. The summed E-state index contributed by atoms with van der Waals surface area (Å²) in [5.41, 5.74) is 1.81. The highest BCUT2D eigenvalue weighted by Crippen LogP contribution is 2.20. The normalized spacial score (nSPS) is 18.0. The second-order valence-corrected chi connectivity index (χ2v) is 6.11. The lowest BCUT2D eigenvalue weighted by molar-refractivity contribution is 0.0491. The molecule has 1 fully saturated rings. The van der Waals surface area contributed by atoms with Gasteiger partial charge in [-0.1, -0.05) is 0 Å². The Morgan fingerprint density at radius 3 is 3.00 bits per heavy atom. The summed E-state index contributed by atoms with van der Waals surface area (Å²) >= 11 is 1.56. The van der Waals surface area contributed by atoms with E-state index in [0.717, 1.165) is 36.3 Å². The van der Waals surface area contributed by atoms with Gasteiger partial charge in [0.25, 0.3) is 5.91 Å². The smallest absolute Gasteiger partial charge is 0.255 e. The van der Waals surface area contributed by atoms with Gasteiger partial charge in [-0.3, -0.25) is 4.79 Å². The van der Waals surface area contributed by atoms with Gasteiger partial charge in [0.15, 0.2) is 0 Å². The van der Waals surface area contributed by atoms with Crippen molar-refractivity contribution in [3.63, 3.8) is 0 Å². The molecule has 1 atom stereocenters. The van der Waals surface area contributed by atoms with Crippen molar-refractivity contribution in [1.29, 1.82) is 0 Å². The van der Waals surface area contributed by atoms with Gasteiger partial charge in [-0.2, -0.15) is 11.3 Å². The molecule has 0 bridgehead atoms. The van der Waals surface area contributed by atoms with Crippen LogP contribution in [0, 0.1) is 6.92 Å². The third kappa shape index (κ3) is 3.36. The van der Waals surface area contributed by atoms with Crippen LogP contribution in [-0.4, -0.2) is 30.1 Å². The zero-order valence-electron chi connectivity index (χ0n) is 12.1. The molecule has 2 aromatic rings. The second kappa shape index (κ2) is 6.45. The van der Waals surface area contributed by atoms with Crippen molar-refractivity contribution >= 4 is 17.2 Å². The maximum atomic E-state index is 12.8. The lowest BCUT2D eigenvalue weighted by Gasteiger charge is -2.24. The molecule has 0 N–H and O–H groups in total. The van der Waals surface area contributed by atoms with E-state index in [9.17, 15) is 4.79 Å². The molecule has 0 radical (unpaired) electrons. The van der Waals surface area contributed by atoms with Crippen LogP contribution in [0.2, 0.25) is 0 Å². The van der Waals surface area contributed by atoms with Crippen molar-refractivity contribution in [1.82, 2.24) is 4.90 Å². The predicted octanol–water partition coefficient (Wildman–Crippen LogP) is 3.47. The summed E-state index contributed by atoms with van der Waals surface area (Å²) in [5.74, 6) is 0.856. The fraction of sp³-hybridized carbons (Fsp3) is 0.438. The number of hydrogen-bond acceptors (Lipinski definition) is 4. The molecule has 1 amide bonds. The first kappa shape index (κ1) is 14.4. The predicted molar refractivity (Wildman–Crippen MR) is 81.5 cm³/mol. The number of nitrogens with zero attached hydrogens (tertiary/aromatic N) is 1. The molecule has 112 valence electrons. The molecule has 0 saturated carbocycles. The highest BCUT2D eigenvalue weighted by molar-refractivity contribution is 7.08. The Balaban J connectivity index is 1.77. The first-order chi connectivity index (χ1) is 10.2. The minimum Gasteiger partial charge on any atom is -0.467 e. The van der Waals surface area contributed by atoms with Crippen LogP contribution in [0.1, 0.15) is 34.5 Å². The number of amides is 1. The van der Waals surface area contributed by atoms with Gasteiger partial charge < -0.3 is 14.1 Å². The Bertz CT molecular complexity index is 584. The van der Waals surface area contributed by atoms with E-state index in [1.54, 1.807) is 17.6 Å². The van der Waals surface area contributed by atoms with Crippen molar-refractivity contribution in [3.05, 3.63) is 46.0 Å². The minimum atomic E-state index is 0.0562. The molecule has 0 aliphatic carbocycles. The SMILES string of the molecule is Cc1cscc1C(=O)N(Cc1ccco1)C[C@@H]1CCCO1. The number of rotatable bonds is 5. The molecule has 1 saturated heterocycles. The van der Waals surface area contributed by atoms with E-state index < -0.39 is 0 Å². The average molecular weight is 305 g/mol. The van der Waals surface area contributed by atoms with Crippen LogP contribution >= 0.6 is 11.3 Å². The average Bonchev–Trinajstić information content (AvgIpc) is 3.19. The molecule has 2 aromatic heterocycles. The number of furan rings is 1. The van der Waals surface area contributed by atoms with Gasteiger partial charge in [-0.15, -0.1) is 0 Å². The van der Waals surface area contributed by atoms with E-state index in [0.29, 0.717) is 13.1 Å². The number of thiophene rings is 1. The molecule has 21 heavy (non-hydrogen) atoms. The van der Waals surface area contributed by atoms with Crippen LogP contribution in [0.3, 0.4) is 0 Å². The summed E-state index contributed by atoms with van der Waals surface area (Å²) in [7, 11) is 0. The quantitative estimate of drug-likeness (QED) is 0.849. The Labute approximate surface area is 128 Å². The highest BCUT2D eigenvalue weighted by Gasteiger charge is 2.25. The first-order valence-electron chi connectivity index (χ1n) is 7.20. The van der Waals surface area contributed by atoms with E-state index in [2.05, 4.69) is 0 Å². The topological polar surface area (TPSA) is 42.7 Å². The summed E-state index contributed by atoms with van der Waals surface area (Å²) in [5, 5.41) is 3.92. The van der Waals surface area contributed by atoms with E-state index in [1.807, 2.05) is 34.7 Å². The van der Waals surface area contributed by atoms with Crippen molar-refractivity contribution < 1.29 is 13.9 Å². The summed E-state index contributed by atoms with van der Waals surface area (Å²) in [6, 6.07) is 3.75. The molecular weight excluding hydrogens is 286 g/mol. The Hall–Kier alpha value is -1.59. The second-order valence-electron chi connectivity index (χ2n) is 5.37. The summed E-state index contributed by atoms with van der Waals surface area (Å²) < 4.78 is 11.1. The van der Waals surface area contributed by atoms with Gasteiger partial charge in [0.2, 0.25) is 0 Å². The van der Waals surface area contributed by atoms with E-state index in [4.69, 9.17) is 9.15 Å². The Kier molecular flexibility index (Phi) is 4.41. The molecule has 1 aliphatic heterocycles. The minimum absolute atomic E-state index is 0.0562. The van der Waals surface area contributed by atoms with Gasteiger partial charge in [-0.25, -0.2) is 0 Å². The van der Waals surface area contributed by atoms with E-state index in [-0.39, 0.29) is 12.0 Å². The summed E-state index contributed by atoms with van der Waals surface area (Å²) in [6.07, 6.45) is 3.87. The number of carbonyl (C=O) groups excluding carboxylic acids is 1. The van der Waals surface area contributed by atoms with E-state index in [1.165, 1.54) is 0 Å². The van der Waals surface area contributed by atoms with Gasteiger partial charge in [0.1, 0.15) is 5.76 Å². The largest absolute Gasteiger partial charge is 0.467 e. The first-order valence-corrected chi connectivity index (χ1v) is 8.14. The van der Waals surface area contributed by atoms with Gasteiger partial charge in [0.05, 0.1) is 24.5 Å². The van der Waals surface area contributed by atoms with Gasteiger partial charge in [-0.05, 0) is 42.8 Å². The number of hydrogen-bond donors (Lipinski definition) is 0. The van der Waals surface area contributed by atoms with Crippen LogP contribution in [-0.2, 0) is 11.3 Å². The maximum absolute atomic E-state index is 12.8. The zero-order valence-corrected chi connectivity index (χ0v) is 12.9. The fourth-order valence-corrected chi connectivity index (χ4v) is 3.42. The molecule has 0 spiro atoms. The third-order valence-corrected chi connectivity index (χ3v) is 4.61. The van der Waals surface area contributed by atoms with Crippen LogP contribution in [0.25, 0.3) is 0 Å². The summed E-state index contributed by atoms with van der Waals surface area (Å²) in [4.78, 5) is 14.6. The van der Waals surface area contributed by atoms with Crippen LogP contribution in [0.5, 0.6) is 0 Å². The number of aryl methyl sites for hydroxylation is 1. The lowest BCUT2D eigenvalue weighted by Crippen LogP contribution is -2.37. The molecule has 1 aliphatic rings. The molecule has 3 heterocycles. The zero-order chi connectivity index (χ0) is 14.7. The van der Waals surface area contributed by atoms with Crippen LogP contribution in [0.4, 0.5) is 0 Å². The van der Waals surface area contributed by atoms with E-state index >= 15 is 0 Å². The summed E-state index contributed by atoms with van der Waals surface area (Å²) in [6.45, 7) is 3.88. The molecule has 0 unspecified atom stereocenters. The number of carbonyl (C=O) groups is 1. The van der Waals surface area contributed by atoms with Gasteiger partial charge >= 0.3 is 0 Å². The van der Waals surface area contributed by atoms with Crippen molar-refractivity contribution in [2.75, 3.05) is 13.2 Å². The van der Waals surface area contributed by atoms with Crippen molar-refractivity contribution in [2.24, 2.45) is 0 Å². The molecule has 3 rings (SSSR count). The molecule has 0 aromatic carbocycles. The Morgan fingerprint density at radius 2 is 2.38 bits per heavy atom. The fourth-order valence-electron chi connectivity index (χ4n) is 2.59. The van der Waals surface area contributed by atoms with Crippen molar-refractivity contribution in [2.45, 2.75) is 32.4 Å². The standard InChI is InChI=1S/C16H19NO3S/c1-12-10-21-11-15(12)16(18)17(8-13-4-2-6-19-13)9-14-5-3-7-20-14/h2,4,6,10-11,14H,3,5,7-9H2,1H3/t14-/m0/s1. The maximum Gasteiger partial charge on any atom is 0.255 e. The van der Waals surface area contributed by atoms with Crippen molar-refractivity contribution in [3.8, 4) is 0 Å². The lowest BCUT2D eigenvalue weighted by atomic mass is 10.1. The monoisotopic (exact) mass is 305 g/mol. The number of ether oxygens (including phenoxy) is 1. The molecule has 5 heteroatoms.